The zero-order chi connectivity index (χ0) is 11.1. The maximum absolute atomic E-state index is 11.8. The van der Waals surface area contributed by atoms with E-state index >= 15 is 0 Å². The van der Waals surface area contributed by atoms with Gasteiger partial charge in [-0.25, -0.2) is 0 Å². The minimum atomic E-state index is 0.0347. The minimum absolute atomic E-state index is 0.0347. The van der Waals surface area contributed by atoms with Crippen molar-refractivity contribution in [2.24, 2.45) is 5.92 Å². The number of fused-ring (bicyclic) bond motifs is 1. The third-order valence-corrected chi connectivity index (χ3v) is 4.08. The third kappa shape index (κ3) is 1.78. The van der Waals surface area contributed by atoms with Gasteiger partial charge in [0.1, 0.15) is 12.0 Å². The lowest BCUT2D eigenvalue weighted by Crippen LogP contribution is -3.18. The predicted octanol–water partition coefficient (Wildman–Crippen LogP) is 0.395. The second-order valence-electron chi connectivity index (χ2n) is 5.47. The van der Waals surface area contributed by atoms with E-state index in [1.807, 2.05) is 6.92 Å². The molecule has 86 valence electrons. The Kier molecular flexibility index (Phi) is 2.75. The van der Waals surface area contributed by atoms with Gasteiger partial charge in [0.25, 0.3) is 0 Å². The van der Waals surface area contributed by atoms with Gasteiger partial charge >= 0.3 is 5.97 Å². The van der Waals surface area contributed by atoms with Crippen molar-refractivity contribution in [1.29, 1.82) is 0 Å². The van der Waals surface area contributed by atoms with Crippen molar-refractivity contribution in [1.82, 2.24) is 0 Å². The fourth-order valence-electron chi connectivity index (χ4n) is 3.48. The molecule has 2 aliphatic heterocycles. The van der Waals surface area contributed by atoms with E-state index in [4.69, 9.17) is 4.74 Å². The monoisotopic (exact) mass is 212 g/mol. The number of hydrogen-bond donors (Lipinski definition) is 1. The molecule has 2 heterocycles. The van der Waals surface area contributed by atoms with Gasteiger partial charge in [-0.3, -0.25) is 4.79 Å². The molecule has 0 aromatic carbocycles. The number of ether oxygens (including phenoxy) is 1. The molecule has 2 rings (SSSR count). The summed E-state index contributed by atoms with van der Waals surface area (Å²) < 4.78 is 5.18. The molecule has 0 aliphatic carbocycles. The molecule has 3 atom stereocenters. The van der Waals surface area contributed by atoms with E-state index in [2.05, 4.69) is 13.8 Å². The summed E-state index contributed by atoms with van der Waals surface area (Å²) in [5.74, 6) is 0.185. The molecular formula is C12H22NO2+. The highest BCUT2D eigenvalue weighted by Crippen LogP contribution is 2.29. The van der Waals surface area contributed by atoms with Crippen LogP contribution < -0.4 is 4.90 Å². The topological polar surface area (TPSA) is 30.7 Å². The van der Waals surface area contributed by atoms with Crippen LogP contribution in [0.4, 0.5) is 0 Å². The second-order valence-corrected chi connectivity index (χ2v) is 5.47. The first kappa shape index (κ1) is 10.9. The molecule has 0 aromatic heterocycles. The summed E-state index contributed by atoms with van der Waals surface area (Å²) in [5.41, 5.74) is 0.262. The normalized spacial score (nSPS) is 37.7. The van der Waals surface area contributed by atoms with E-state index in [1.165, 1.54) is 19.4 Å². The SMILES string of the molecule is CCOC(=O)[C@H]1CC(C)(C)[NH+]2CCC[C@@H]12. The summed E-state index contributed by atoms with van der Waals surface area (Å²) in [4.78, 5) is 13.5. The van der Waals surface area contributed by atoms with E-state index in [0.717, 1.165) is 6.42 Å². The minimum Gasteiger partial charge on any atom is -0.466 e. The summed E-state index contributed by atoms with van der Waals surface area (Å²) in [5, 5.41) is 0. The van der Waals surface area contributed by atoms with Crippen LogP contribution in [0.1, 0.15) is 40.0 Å². The lowest BCUT2D eigenvalue weighted by molar-refractivity contribution is -0.946. The molecule has 15 heavy (non-hydrogen) atoms. The number of carbonyl (C=O) groups excluding carboxylic acids is 1. The molecule has 2 aliphatic rings. The van der Waals surface area contributed by atoms with E-state index in [0.29, 0.717) is 12.6 Å². The number of rotatable bonds is 2. The van der Waals surface area contributed by atoms with Gasteiger partial charge in [-0.15, -0.1) is 0 Å². The predicted molar refractivity (Wildman–Crippen MR) is 57.7 cm³/mol. The van der Waals surface area contributed by atoms with Gasteiger partial charge in [0.15, 0.2) is 0 Å². The van der Waals surface area contributed by atoms with Crippen molar-refractivity contribution in [3.8, 4) is 0 Å². The first-order chi connectivity index (χ1) is 7.06. The molecule has 1 N–H and O–H groups in total. The molecule has 0 bridgehead atoms. The number of carbonyl (C=O) groups is 1. The highest BCUT2D eigenvalue weighted by atomic mass is 16.5. The van der Waals surface area contributed by atoms with E-state index in [1.54, 1.807) is 4.90 Å². The van der Waals surface area contributed by atoms with Crippen LogP contribution >= 0.6 is 0 Å². The van der Waals surface area contributed by atoms with Crippen LogP contribution in [-0.2, 0) is 9.53 Å². The Labute approximate surface area is 91.8 Å². The molecule has 0 aromatic rings. The smallest absolute Gasteiger partial charge is 0.315 e. The van der Waals surface area contributed by atoms with Gasteiger partial charge in [0.2, 0.25) is 0 Å². The van der Waals surface area contributed by atoms with Crippen LogP contribution in [0.5, 0.6) is 0 Å². The Hall–Kier alpha value is -0.570. The largest absolute Gasteiger partial charge is 0.466 e. The van der Waals surface area contributed by atoms with Crippen molar-refractivity contribution in [2.45, 2.75) is 51.6 Å². The molecule has 0 spiro atoms. The Morgan fingerprint density at radius 1 is 1.53 bits per heavy atom. The van der Waals surface area contributed by atoms with Gasteiger partial charge in [-0.1, -0.05) is 0 Å². The zero-order valence-corrected chi connectivity index (χ0v) is 10.0. The summed E-state index contributed by atoms with van der Waals surface area (Å²) >= 11 is 0. The van der Waals surface area contributed by atoms with Crippen molar-refractivity contribution in [3.05, 3.63) is 0 Å². The lowest BCUT2D eigenvalue weighted by Gasteiger charge is -2.27. The molecule has 2 fully saturated rings. The Balaban J connectivity index is 2.11. The van der Waals surface area contributed by atoms with Gasteiger partial charge in [0, 0.05) is 19.3 Å². The Morgan fingerprint density at radius 2 is 2.27 bits per heavy atom. The van der Waals surface area contributed by atoms with E-state index in [9.17, 15) is 4.79 Å². The summed E-state index contributed by atoms with van der Waals surface area (Å²) in [7, 11) is 0. The number of hydrogen-bond acceptors (Lipinski definition) is 2. The van der Waals surface area contributed by atoms with Crippen LogP contribution in [0.3, 0.4) is 0 Å². The molecule has 0 saturated carbocycles. The van der Waals surface area contributed by atoms with Crippen molar-refractivity contribution < 1.29 is 14.4 Å². The average molecular weight is 212 g/mol. The van der Waals surface area contributed by atoms with Gasteiger partial charge in [-0.05, 0) is 20.8 Å². The standard InChI is InChI=1S/C12H21NO2/c1-4-15-11(14)9-8-12(2,3)13-7-5-6-10(9)13/h9-10H,4-8H2,1-3H3/p+1/t9-,10-/m0/s1. The molecule has 0 amide bonds. The van der Waals surface area contributed by atoms with E-state index in [-0.39, 0.29) is 17.4 Å². The number of esters is 1. The summed E-state index contributed by atoms with van der Waals surface area (Å²) in [6, 6.07) is 0.527. The average Bonchev–Trinajstić information content (AvgIpc) is 2.70. The fraction of sp³-hybridized carbons (Fsp3) is 0.917. The molecule has 3 heteroatoms. The van der Waals surface area contributed by atoms with E-state index < -0.39 is 0 Å². The first-order valence-corrected chi connectivity index (χ1v) is 6.09. The van der Waals surface area contributed by atoms with Crippen LogP contribution in [0.25, 0.3) is 0 Å². The Morgan fingerprint density at radius 3 is 2.93 bits per heavy atom. The maximum atomic E-state index is 11.8. The molecular weight excluding hydrogens is 190 g/mol. The second kappa shape index (κ2) is 3.78. The molecule has 2 saturated heterocycles. The summed E-state index contributed by atoms with van der Waals surface area (Å²) in [6.07, 6.45) is 3.45. The maximum Gasteiger partial charge on any atom is 0.315 e. The number of quaternary nitrogens is 1. The first-order valence-electron chi connectivity index (χ1n) is 6.09. The van der Waals surface area contributed by atoms with Crippen LogP contribution in [0, 0.1) is 5.92 Å². The van der Waals surface area contributed by atoms with Gasteiger partial charge in [0.05, 0.1) is 18.7 Å². The van der Waals surface area contributed by atoms with Crippen molar-refractivity contribution in [3.63, 3.8) is 0 Å². The molecule has 3 nitrogen and oxygen atoms in total. The quantitative estimate of drug-likeness (QED) is 0.672. The van der Waals surface area contributed by atoms with Crippen molar-refractivity contribution >= 4 is 5.97 Å². The van der Waals surface area contributed by atoms with Gasteiger partial charge in [-0.2, -0.15) is 0 Å². The summed E-state index contributed by atoms with van der Waals surface area (Å²) in [6.45, 7) is 8.18. The Bertz CT molecular complexity index is 262. The highest BCUT2D eigenvalue weighted by Gasteiger charge is 2.55. The number of nitrogens with one attached hydrogen (secondary N) is 1. The highest BCUT2D eigenvalue weighted by molar-refractivity contribution is 5.73. The molecule has 1 unspecified atom stereocenters. The van der Waals surface area contributed by atoms with Crippen LogP contribution in [0.2, 0.25) is 0 Å². The van der Waals surface area contributed by atoms with Crippen LogP contribution in [0.15, 0.2) is 0 Å². The van der Waals surface area contributed by atoms with Crippen molar-refractivity contribution in [2.75, 3.05) is 13.2 Å². The third-order valence-electron chi connectivity index (χ3n) is 4.08. The van der Waals surface area contributed by atoms with Crippen LogP contribution in [-0.4, -0.2) is 30.7 Å². The lowest BCUT2D eigenvalue weighted by atomic mass is 9.92. The van der Waals surface area contributed by atoms with Gasteiger partial charge < -0.3 is 9.64 Å². The molecule has 0 radical (unpaired) electrons. The zero-order valence-electron chi connectivity index (χ0n) is 10.0. The fourth-order valence-corrected chi connectivity index (χ4v) is 3.48.